The van der Waals surface area contributed by atoms with Gasteiger partial charge in [-0.15, -0.1) is 0 Å². The molecule has 72 valence electrons. The summed E-state index contributed by atoms with van der Waals surface area (Å²) in [7, 11) is 0. The first-order valence-corrected chi connectivity index (χ1v) is 4.56. The third-order valence-electron chi connectivity index (χ3n) is 3.07. The summed E-state index contributed by atoms with van der Waals surface area (Å²) in [5.74, 6) is 0. The largest absolute Gasteiger partial charge is 0.396 e. The molecule has 0 amide bonds. The Hall–Kier alpha value is -0.120. The number of hydrogen-bond acceptors (Lipinski definition) is 3. The first kappa shape index (κ1) is 9.96. The van der Waals surface area contributed by atoms with Gasteiger partial charge in [0.05, 0.1) is 12.2 Å². The average molecular weight is 173 g/mol. The summed E-state index contributed by atoms with van der Waals surface area (Å²) in [6, 6.07) is 0. The van der Waals surface area contributed by atoms with Gasteiger partial charge in [-0.2, -0.15) is 0 Å². The SMILES string of the molecule is CC(C)(O)C1(CO)CCCNC1. The highest BCUT2D eigenvalue weighted by atomic mass is 16.3. The van der Waals surface area contributed by atoms with Gasteiger partial charge in [-0.25, -0.2) is 0 Å². The lowest BCUT2D eigenvalue weighted by atomic mass is 9.69. The Morgan fingerprint density at radius 2 is 2.17 bits per heavy atom. The van der Waals surface area contributed by atoms with Crippen LogP contribution in [-0.2, 0) is 0 Å². The fourth-order valence-corrected chi connectivity index (χ4v) is 1.82. The van der Waals surface area contributed by atoms with Gasteiger partial charge in [-0.05, 0) is 33.2 Å². The maximum absolute atomic E-state index is 9.89. The molecule has 1 rings (SSSR count). The van der Waals surface area contributed by atoms with E-state index in [-0.39, 0.29) is 12.0 Å². The van der Waals surface area contributed by atoms with Crippen LogP contribution >= 0.6 is 0 Å². The highest BCUT2D eigenvalue weighted by molar-refractivity contribution is 4.96. The first-order valence-electron chi connectivity index (χ1n) is 4.56. The molecule has 12 heavy (non-hydrogen) atoms. The molecule has 0 aliphatic carbocycles. The Morgan fingerprint density at radius 1 is 1.50 bits per heavy atom. The Balaban J connectivity index is 2.73. The van der Waals surface area contributed by atoms with Gasteiger partial charge in [0.15, 0.2) is 0 Å². The van der Waals surface area contributed by atoms with Crippen molar-refractivity contribution in [2.45, 2.75) is 32.3 Å². The van der Waals surface area contributed by atoms with Crippen LogP contribution < -0.4 is 5.32 Å². The van der Waals surface area contributed by atoms with Gasteiger partial charge in [-0.3, -0.25) is 0 Å². The van der Waals surface area contributed by atoms with E-state index in [1.165, 1.54) is 0 Å². The van der Waals surface area contributed by atoms with Crippen LogP contribution in [0.15, 0.2) is 0 Å². The van der Waals surface area contributed by atoms with Gasteiger partial charge in [-0.1, -0.05) is 0 Å². The number of nitrogens with one attached hydrogen (secondary N) is 1. The lowest BCUT2D eigenvalue weighted by Crippen LogP contribution is -2.55. The quantitative estimate of drug-likeness (QED) is 0.556. The van der Waals surface area contributed by atoms with Crippen molar-refractivity contribution in [3.63, 3.8) is 0 Å². The molecule has 1 saturated heterocycles. The van der Waals surface area contributed by atoms with E-state index in [0.29, 0.717) is 6.54 Å². The van der Waals surface area contributed by atoms with E-state index in [1.807, 2.05) is 0 Å². The highest BCUT2D eigenvalue weighted by Gasteiger charge is 2.43. The fourth-order valence-electron chi connectivity index (χ4n) is 1.82. The van der Waals surface area contributed by atoms with E-state index in [0.717, 1.165) is 19.4 Å². The maximum Gasteiger partial charge on any atom is 0.0681 e. The molecule has 1 aliphatic heterocycles. The molecule has 0 saturated carbocycles. The molecule has 1 unspecified atom stereocenters. The topological polar surface area (TPSA) is 52.5 Å². The van der Waals surface area contributed by atoms with Crippen molar-refractivity contribution in [3.05, 3.63) is 0 Å². The van der Waals surface area contributed by atoms with Crippen molar-refractivity contribution in [1.82, 2.24) is 5.32 Å². The molecule has 0 radical (unpaired) electrons. The summed E-state index contributed by atoms with van der Waals surface area (Å²) in [5.41, 5.74) is -1.14. The number of piperidine rings is 1. The van der Waals surface area contributed by atoms with Crippen LogP contribution in [-0.4, -0.2) is 35.5 Å². The van der Waals surface area contributed by atoms with Crippen LogP contribution in [0.5, 0.6) is 0 Å². The standard InChI is InChI=1S/C9H19NO2/c1-8(2,12)9(7-11)4-3-5-10-6-9/h10-12H,3-7H2,1-2H3. The monoisotopic (exact) mass is 173 g/mol. The Kier molecular flexibility index (Phi) is 2.76. The average Bonchev–Trinajstić information content (AvgIpc) is 2.04. The normalized spacial score (nSPS) is 32.0. The maximum atomic E-state index is 9.89. The van der Waals surface area contributed by atoms with Crippen LogP contribution in [0, 0.1) is 5.41 Å². The molecular formula is C9H19NO2. The van der Waals surface area contributed by atoms with Gasteiger partial charge in [0.25, 0.3) is 0 Å². The number of hydrogen-bond donors (Lipinski definition) is 3. The minimum atomic E-state index is -0.796. The molecule has 1 heterocycles. The molecule has 1 fully saturated rings. The van der Waals surface area contributed by atoms with Gasteiger partial charge in [0.2, 0.25) is 0 Å². The Morgan fingerprint density at radius 3 is 2.42 bits per heavy atom. The lowest BCUT2D eigenvalue weighted by molar-refractivity contribution is -0.0953. The molecule has 0 aromatic rings. The second-order valence-electron chi connectivity index (χ2n) is 4.28. The molecule has 3 nitrogen and oxygen atoms in total. The minimum absolute atomic E-state index is 0.0590. The summed E-state index contributed by atoms with van der Waals surface area (Å²) < 4.78 is 0. The molecular weight excluding hydrogens is 154 g/mol. The van der Waals surface area contributed by atoms with Crippen LogP contribution in [0.1, 0.15) is 26.7 Å². The zero-order chi connectivity index (χ0) is 9.24. The second kappa shape index (κ2) is 3.32. The van der Waals surface area contributed by atoms with Gasteiger partial charge in [0.1, 0.15) is 0 Å². The Labute approximate surface area is 73.8 Å². The van der Waals surface area contributed by atoms with Crippen molar-refractivity contribution in [2.75, 3.05) is 19.7 Å². The molecule has 3 heteroatoms. The van der Waals surface area contributed by atoms with E-state index >= 15 is 0 Å². The molecule has 1 atom stereocenters. The molecule has 0 bridgehead atoms. The minimum Gasteiger partial charge on any atom is -0.396 e. The van der Waals surface area contributed by atoms with Crippen LogP contribution in [0.3, 0.4) is 0 Å². The van der Waals surface area contributed by atoms with Crippen LogP contribution in [0.4, 0.5) is 0 Å². The van der Waals surface area contributed by atoms with Crippen LogP contribution in [0.25, 0.3) is 0 Å². The summed E-state index contributed by atoms with van der Waals surface area (Å²) in [6.45, 7) is 5.32. The zero-order valence-electron chi connectivity index (χ0n) is 7.93. The molecule has 0 aromatic carbocycles. The molecule has 0 aromatic heterocycles. The zero-order valence-corrected chi connectivity index (χ0v) is 7.93. The highest BCUT2D eigenvalue weighted by Crippen LogP contribution is 2.36. The first-order chi connectivity index (χ1) is 5.52. The van der Waals surface area contributed by atoms with Gasteiger partial charge >= 0.3 is 0 Å². The van der Waals surface area contributed by atoms with Crippen LogP contribution in [0.2, 0.25) is 0 Å². The third-order valence-corrected chi connectivity index (χ3v) is 3.07. The molecule has 3 N–H and O–H groups in total. The van der Waals surface area contributed by atoms with Gasteiger partial charge in [0, 0.05) is 12.0 Å². The number of aliphatic hydroxyl groups excluding tert-OH is 1. The van der Waals surface area contributed by atoms with E-state index < -0.39 is 5.60 Å². The molecule has 1 aliphatic rings. The van der Waals surface area contributed by atoms with Crippen molar-refractivity contribution < 1.29 is 10.2 Å². The summed E-state index contributed by atoms with van der Waals surface area (Å²) in [6.07, 6.45) is 1.94. The predicted octanol–water partition coefficient (Wildman–Crippen LogP) is 0.119. The van der Waals surface area contributed by atoms with Gasteiger partial charge < -0.3 is 15.5 Å². The van der Waals surface area contributed by atoms with Crippen molar-refractivity contribution in [1.29, 1.82) is 0 Å². The van der Waals surface area contributed by atoms with E-state index in [2.05, 4.69) is 5.32 Å². The smallest absolute Gasteiger partial charge is 0.0681 e. The number of rotatable bonds is 2. The lowest BCUT2D eigenvalue weighted by Gasteiger charge is -2.45. The van der Waals surface area contributed by atoms with Crippen molar-refractivity contribution in [3.8, 4) is 0 Å². The predicted molar refractivity (Wildman–Crippen MR) is 47.9 cm³/mol. The van der Waals surface area contributed by atoms with E-state index in [1.54, 1.807) is 13.8 Å². The third kappa shape index (κ3) is 1.63. The number of aliphatic hydroxyl groups is 2. The second-order valence-corrected chi connectivity index (χ2v) is 4.28. The Bertz CT molecular complexity index is 145. The summed E-state index contributed by atoms with van der Waals surface area (Å²) in [4.78, 5) is 0. The summed E-state index contributed by atoms with van der Waals surface area (Å²) in [5, 5.41) is 22.4. The van der Waals surface area contributed by atoms with Crippen molar-refractivity contribution in [2.24, 2.45) is 5.41 Å². The van der Waals surface area contributed by atoms with E-state index in [9.17, 15) is 10.2 Å². The molecule has 0 spiro atoms. The van der Waals surface area contributed by atoms with Crippen molar-refractivity contribution >= 4 is 0 Å². The fraction of sp³-hybridized carbons (Fsp3) is 1.00. The van der Waals surface area contributed by atoms with E-state index in [4.69, 9.17) is 0 Å². The summed E-state index contributed by atoms with van der Waals surface area (Å²) >= 11 is 0.